The summed E-state index contributed by atoms with van der Waals surface area (Å²) in [5.74, 6) is -0.346. The van der Waals surface area contributed by atoms with E-state index in [2.05, 4.69) is 10.4 Å². The van der Waals surface area contributed by atoms with Crippen molar-refractivity contribution < 1.29 is 17.6 Å². The predicted octanol–water partition coefficient (Wildman–Crippen LogP) is 3.67. The maximum absolute atomic E-state index is 13.3. The molecule has 1 fully saturated rings. The van der Waals surface area contributed by atoms with Crippen LogP contribution in [0.2, 0.25) is 0 Å². The van der Waals surface area contributed by atoms with Crippen molar-refractivity contribution in [3.8, 4) is 5.69 Å². The zero-order chi connectivity index (χ0) is 22.9. The van der Waals surface area contributed by atoms with Crippen molar-refractivity contribution in [1.29, 1.82) is 0 Å². The number of sulfonamides is 1. The number of aryl methyl sites for hydroxylation is 2. The molecule has 168 valence electrons. The number of hydrogen-bond donors (Lipinski definition) is 1. The number of piperidine rings is 1. The van der Waals surface area contributed by atoms with Crippen molar-refractivity contribution in [1.82, 2.24) is 14.1 Å². The van der Waals surface area contributed by atoms with Crippen molar-refractivity contribution in [3.05, 3.63) is 71.7 Å². The summed E-state index contributed by atoms with van der Waals surface area (Å²) >= 11 is 0. The first-order chi connectivity index (χ1) is 15.2. The van der Waals surface area contributed by atoms with Crippen LogP contribution in [0.5, 0.6) is 0 Å². The Morgan fingerprint density at radius 2 is 1.66 bits per heavy atom. The zero-order valence-corrected chi connectivity index (χ0v) is 18.8. The van der Waals surface area contributed by atoms with E-state index in [1.807, 2.05) is 13.8 Å². The number of carbonyl (C=O) groups excluding carboxylic acids is 1. The van der Waals surface area contributed by atoms with Crippen LogP contribution in [0.4, 0.5) is 10.2 Å². The van der Waals surface area contributed by atoms with Crippen LogP contribution < -0.4 is 5.32 Å². The Bertz CT molecular complexity index is 1210. The van der Waals surface area contributed by atoms with Crippen LogP contribution >= 0.6 is 0 Å². The SMILES string of the molecule is Cc1ccc(S(=O)(=O)N2CCC(C(=O)Nc3cc(C)nn3-c3ccc(F)cc3)CC2)cc1. The zero-order valence-electron chi connectivity index (χ0n) is 18.0. The third kappa shape index (κ3) is 4.58. The van der Waals surface area contributed by atoms with Gasteiger partial charge in [0.15, 0.2) is 0 Å². The second-order valence-corrected chi connectivity index (χ2v) is 9.98. The van der Waals surface area contributed by atoms with Crippen LogP contribution in [0, 0.1) is 25.6 Å². The summed E-state index contributed by atoms with van der Waals surface area (Å²) in [5, 5.41) is 7.29. The third-order valence-electron chi connectivity index (χ3n) is 5.64. The maximum atomic E-state index is 13.3. The van der Waals surface area contributed by atoms with Crippen molar-refractivity contribution >= 4 is 21.7 Å². The third-order valence-corrected chi connectivity index (χ3v) is 7.55. The minimum Gasteiger partial charge on any atom is -0.310 e. The van der Waals surface area contributed by atoms with Crippen molar-refractivity contribution in [2.45, 2.75) is 31.6 Å². The van der Waals surface area contributed by atoms with Gasteiger partial charge < -0.3 is 5.32 Å². The molecule has 3 aromatic rings. The van der Waals surface area contributed by atoms with Crippen LogP contribution in [-0.2, 0) is 14.8 Å². The van der Waals surface area contributed by atoms with Gasteiger partial charge in [0, 0.05) is 25.1 Å². The summed E-state index contributed by atoms with van der Waals surface area (Å²) < 4.78 is 42.0. The van der Waals surface area contributed by atoms with Gasteiger partial charge in [-0.2, -0.15) is 9.40 Å². The van der Waals surface area contributed by atoms with Gasteiger partial charge >= 0.3 is 0 Å². The summed E-state index contributed by atoms with van der Waals surface area (Å²) in [5.41, 5.74) is 2.34. The number of nitrogens with one attached hydrogen (secondary N) is 1. The fraction of sp³-hybridized carbons (Fsp3) is 0.304. The number of benzene rings is 2. The molecule has 9 heteroatoms. The molecule has 0 unspecified atom stereocenters. The second-order valence-electron chi connectivity index (χ2n) is 8.04. The molecule has 1 aliphatic heterocycles. The highest BCUT2D eigenvalue weighted by molar-refractivity contribution is 7.89. The Kier molecular flexibility index (Phi) is 6.12. The fourth-order valence-electron chi connectivity index (χ4n) is 3.81. The molecule has 1 N–H and O–H groups in total. The highest BCUT2D eigenvalue weighted by atomic mass is 32.2. The van der Waals surface area contributed by atoms with Crippen LogP contribution in [0.3, 0.4) is 0 Å². The quantitative estimate of drug-likeness (QED) is 0.635. The lowest BCUT2D eigenvalue weighted by atomic mass is 9.97. The maximum Gasteiger partial charge on any atom is 0.243 e. The van der Waals surface area contributed by atoms with Crippen molar-refractivity contribution in [2.75, 3.05) is 18.4 Å². The lowest BCUT2D eigenvalue weighted by Crippen LogP contribution is -2.41. The molecule has 32 heavy (non-hydrogen) atoms. The number of aromatic nitrogens is 2. The van der Waals surface area contributed by atoms with Crippen LogP contribution in [0.15, 0.2) is 59.5 Å². The van der Waals surface area contributed by atoms with Crippen LogP contribution in [-0.4, -0.2) is 41.5 Å². The molecule has 1 amide bonds. The number of nitrogens with zero attached hydrogens (tertiary/aromatic N) is 3. The van der Waals surface area contributed by atoms with E-state index in [4.69, 9.17) is 0 Å². The first kappa shape index (κ1) is 22.2. The topological polar surface area (TPSA) is 84.3 Å². The van der Waals surface area contributed by atoms with Gasteiger partial charge in [0.1, 0.15) is 11.6 Å². The van der Waals surface area contributed by atoms with E-state index in [0.29, 0.717) is 30.0 Å². The fourth-order valence-corrected chi connectivity index (χ4v) is 5.28. The molecule has 0 saturated carbocycles. The van der Waals surface area contributed by atoms with Crippen molar-refractivity contribution in [2.24, 2.45) is 5.92 Å². The van der Waals surface area contributed by atoms with E-state index in [1.165, 1.54) is 16.4 Å². The van der Waals surface area contributed by atoms with E-state index < -0.39 is 10.0 Å². The van der Waals surface area contributed by atoms with Gasteiger partial charge in [-0.3, -0.25) is 4.79 Å². The average Bonchev–Trinajstić information content (AvgIpc) is 3.14. The number of hydrogen-bond acceptors (Lipinski definition) is 4. The van der Waals surface area contributed by atoms with Crippen LogP contribution in [0.1, 0.15) is 24.1 Å². The molecule has 0 spiro atoms. The molecule has 1 saturated heterocycles. The standard InChI is InChI=1S/C23H25FN4O3S/c1-16-3-9-21(10-4-16)32(30,31)27-13-11-18(12-14-27)23(29)25-22-15-17(2)26-28(22)20-7-5-19(24)6-8-20/h3-10,15,18H,11-14H2,1-2H3,(H,25,29). The lowest BCUT2D eigenvalue weighted by Gasteiger charge is -2.30. The van der Waals surface area contributed by atoms with Gasteiger partial charge in [0.2, 0.25) is 15.9 Å². The number of carbonyl (C=O) groups is 1. The van der Waals surface area contributed by atoms with Gasteiger partial charge in [-0.05, 0) is 63.1 Å². The molecular weight excluding hydrogens is 431 g/mol. The van der Waals surface area contributed by atoms with Gasteiger partial charge in [0.05, 0.1) is 16.3 Å². The molecule has 0 atom stereocenters. The Morgan fingerprint density at radius 1 is 1.03 bits per heavy atom. The lowest BCUT2D eigenvalue weighted by molar-refractivity contribution is -0.120. The first-order valence-corrected chi connectivity index (χ1v) is 11.9. The molecule has 0 aliphatic carbocycles. The minimum atomic E-state index is -3.57. The van der Waals surface area contributed by atoms with E-state index in [0.717, 1.165) is 5.56 Å². The summed E-state index contributed by atoms with van der Waals surface area (Å²) in [7, 11) is -3.57. The second kappa shape index (κ2) is 8.84. The number of halogens is 1. The highest BCUT2D eigenvalue weighted by Gasteiger charge is 2.32. The van der Waals surface area contributed by atoms with E-state index in [1.54, 1.807) is 47.1 Å². The summed E-state index contributed by atoms with van der Waals surface area (Å²) in [6, 6.07) is 14.4. The molecule has 0 bridgehead atoms. The van der Waals surface area contributed by atoms with Gasteiger partial charge in [-0.1, -0.05) is 17.7 Å². The molecule has 1 aliphatic rings. The number of amides is 1. The first-order valence-electron chi connectivity index (χ1n) is 10.4. The predicted molar refractivity (Wildman–Crippen MR) is 120 cm³/mol. The van der Waals surface area contributed by atoms with Crippen LogP contribution in [0.25, 0.3) is 5.69 Å². The number of anilines is 1. The molecule has 1 aromatic heterocycles. The average molecular weight is 457 g/mol. The number of rotatable bonds is 5. The van der Waals surface area contributed by atoms with E-state index in [9.17, 15) is 17.6 Å². The molecule has 2 aromatic carbocycles. The smallest absolute Gasteiger partial charge is 0.243 e. The minimum absolute atomic E-state index is 0.180. The summed E-state index contributed by atoms with van der Waals surface area (Å²) in [6.45, 7) is 4.28. The molecular formula is C23H25FN4O3S. The molecule has 0 radical (unpaired) electrons. The van der Waals surface area contributed by atoms with Gasteiger partial charge in [-0.25, -0.2) is 17.5 Å². The molecule has 4 rings (SSSR count). The van der Waals surface area contributed by atoms with E-state index in [-0.39, 0.29) is 35.6 Å². The summed E-state index contributed by atoms with van der Waals surface area (Å²) in [4.78, 5) is 13.2. The molecule has 7 nitrogen and oxygen atoms in total. The monoisotopic (exact) mass is 456 g/mol. The normalized spacial score (nSPS) is 15.6. The Morgan fingerprint density at radius 3 is 2.28 bits per heavy atom. The molecule has 2 heterocycles. The Labute approximate surface area is 186 Å². The van der Waals surface area contributed by atoms with E-state index >= 15 is 0 Å². The van der Waals surface area contributed by atoms with Gasteiger partial charge in [0.25, 0.3) is 0 Å². The highest BCUT2D eigenvalue weighted by Crippen LogP contribution is 2.26. The summed E-state index contributed by atoms with van der Waals surface area (Å²) in [6.07, 6.45) is 0.862. The van der Waals surface area contributed by atoms with Crippen molar-refractivity contribution in [3.63, 3.8) is 0 Å². The Hall–Kier alpha value is -3.04. The Balaban J connectivity index is 1.42. The van der Waals surface area contributed by atoms with Gasteiger partial charge in [-0.15, -0.1) is 0 Å². The largest absolute Gasteiger partial charge is 0.310 e.